The van der Waals surface area contributed by atoms with Crippen molar-refractivity contribution < 1.29 is 4.74 Å². The van der Waals surface area contributed by atoms with Gasteiger partial charge in [-0.2, -0.15) is 0 Å². The van der Waals surface area contributed by atoms with Crippen LogP contribution in [0, 0.1) is 6.92 Å². The second-order valence-corrected chi connectivity index (χ2v) is 6.35. The van der Waals surface area contributed by atoms with Crippen molar-refractivity contribution in [3.8, 4) is 5.75 Å². The summed E-state index contributed by atoms with van der Waals surface area (Å²) in [6.45, 7) is 3.84. The number of benzene rings is 1. The molecule has 1 aliphatic rings. The van der Waals surface area contributed by atoms with Gasteiger partial charge in [0.1, 0.15) is 12.4 Å². The zero-order chi connectivity index (χ0) is 16.1. The van der Waals surface area contributed by atoms with Gasteiger partial charge in [0, 0.05) is 12.5 Å². The molecule has 0 saturated heterocycles. The van der Waals surface area contributed by atoms with Crippen LogP contribution in [-0.4, -0.2) is 21.6 Å². The Balaban J connectivity index is 1.66. The van der Waals surface area contributed by atoms with E-state index in [-0.39, 0.29) is 0 Å². The topological polar surface area (TPSA) is 66.0 Å². The predicted molar refractivity (Wildman–Crippen MR) is 90.4 cm³/mol. The molecule has 0 bridgehead atoms. The molecule has 0 amide bonds. The van der Waals surface area contributed by atoms with Crippen LogP contribution in [0.1, 0.15) is 55.0 Å². The Bertz CT molecular complexity index is 632. The molecule has 1 aromatic heterocycles. The quantitative estimate of drug-likeness (QED) is 0.889. The summed E-state index contributed by atoms with van der Waals surface area (Å²) in [6, 6.07) is 8.12. The average molecular weight is 314 g/mol. The fourth-order valence-corrected chi connectivity index (χ4v) is 3.44. The van der Waals surface area contributed by atoms with Crippen molar-refractivity contribution in [1.29, 1.82) is 0 Å². The van der Waals surface area contributed by atoms with Crippen molar-refractivity contribution in [1.82, 2.24) is 15.0 Å². The number of nitrogens with two attached hydrogens (primary N) is 1. The van der Waals surface area contributed by atoms with Crippen molar-refractivity contribution in [2.24, 2.45) is 5.73 Å². The van der Waals surface area contributed by atoms with Crippen molar-refractivity contribution in [3.05, 3.63) is 41.2 Å². The fraction of sp³-hybridized carbons (Fsp3) is 0.556. The molecule has 2 aromatic rings. The Morgan fingerprint density at radius 1 is 1.26 bits per heavy atom. The number of rotatable bonds is 6. The lowest BCUT2D eigenvalue weighted by Crippen LogP contribution is -2.18. The number of hydrogen-bond acceptors (Lipinski definition) is 4. The normalized spacial score (nSPS) is 15.7. The van der Waals surface area contributed by atoms with Gasteiger partial charge < -0.3 is 10.5 Å². The molecule has 0 spiro atoms. The molecule has 1 saturated carbocycles. The van der Waals surface area contributed by atoms with Crippen LogP contribution in [0.4, 0.5) is 0 Å². The molecule has 1 aromatic carbocycles. The third-order valence-corrected chi connectivity index (χ3v) is 4.59. The van der Waals surface area contributed by atoms with Gasteiger partial charge in [-0.3, -0.25) is 0 Å². The van der Waals surface area contributed by atoms with Gasteiger partial charge in [-0.25, -0.2) is 4.68 Å². The Kier molecular flexibility index (Phi) is 5.28. The van der Waals surface area contributed by atoms with Crippen molar-refractivity contribution in [2.45, 2.75) is 58.0 Å². The van der Waals surface area contributed by atoms with E-state index in [0.717, 1.165) is 11.4 Å². The lowest BCUT2D eigenvalue weighted by Gasteiger charge is -2.23. The van der Waals surface area contributed by atoms with Gasteiger partial charge in [-0.15, -0.1) is 5.10 Å². The highest BCUT2D eigenvalue weighted by atomic mass is 16.5. The maximum absolute atomic E-state index is 5.86. The smallest absolute Gasteiger partial charge is 0.119 e. The third-order valence-electron chi connectivity index (χ3n) is 4.59. The third kappa shape index (κ3) is 3.91. The lowest BCUT2D eigenvalue weighted by atomic mass is 9.86. The van der Waals surface area contributed by atoms with E-state index in [0.29, 0.717) is 25.6 Å². The second-order valence-electron chi connectivity index (χ2n) is 6.35. The van der Waals surface area contributed by atoms with Gasteiger partial charge in [0.25, 0.3) is 0 Å². The van der Waals surface area contributed by atoms with Gasteiger partial charge in [0.15, 0.2) is 0 Å². The minimum Gasteiger partial charge on any atom is -0.492 e. The molecule has 5 nitrogen and oxygen atoms in total. The molecule has 1 aliphatic carbocycles. The van der Waals surface area contributed by atoms with Gasteiger partial charge in [-0.05, 0) is 37.5 Å². The van der Waals surface area contributed by atoms with Crippen LogP contribution in [0.15, 0.2) is 24.3 Å². The van der Waals surface area contributed by atoms with Gasteiger partial charge in [-0.1, -0.05) is 36.6 Å². The first kappa shape index (κ1) is 16.0. The standard InChI is InChI=1S/C18H26N4O/c1-14-6-5-9-16(12-14)23-11-10-22-18(17(13-19)20-21-22)15-7-3-2-4-8-15/h5-6,9,12,15H,2-4,7-8,10-11,13,19H2,1H3. The van der Waals surface area contributed by atoms with E-state index in [1.54, 1.807) is 0 Å². The molecular formula is C18H26N4O. The van der Waals surface area contributed by atoms with Crippen molar-refractivity contribution in [3.63, 3.8) is 0 Å². The van der Waals surface area contributed by atoms with Gasteiger partial charge in [0.05, 0.1) is 17.9 Å². The van der Waals surface area contributed by atoms with E-state index in [9.17, 15) is 0 Å². The van der Waals surface area contributed by atoms with Crippen LogP contribution < -0.4 is 10.5 Å². The summed E-state index contributed by atoms with van der Waals surface area (Å²) in [6.07, 6.45) is 6.37. The molecule has 0 atom stereocenters. The molecule has 124 valence electrons. The van der Waals surface area contributed by atoms with Crippen LogP contribution in [-0.2, 0) is 13.1 Å². The van der Waals surface area contributed by atoms with Crippen molar-refractivity contribution in [2.75, 3.05) is 6.61 Å². The Hall–Kier alpha value is -1.88. The molecule has 0 aliphatic heterocycles. The molecule has 0 unspecified atom stereocenters. The van der Waals surface area contributed by atoms with E-state index in [1.165, 1.54) is 43.4 Å². The van der Waals surface area contributed by atoms with Crippen LogP contribution in [0.3, 0.4) is 0 Å². The lowest BCUT2D eigenvalue weighted by molar-refractivity contribution is 0.283. The largest absolute Gasteiger partial charge is 0.492 e. The van der Waals surface area contributed by atoms with Gasteiger partial charge in [0.2, 0.25) is 0 Å². The molecule has 23 heavy (non-hydrogen) atoms. The summed E-state index contributed by atoms with van der Waals surface area (Å²) in [5.41, 5.74) is 9.25. The molecule has 0 radical (unpaired) electrons. The summed E-state index contributed by atoms with van der Waals surface area (Å²) in [5, 5.41) is 8.60. The first-order valence-corrected chi connectivity index (χ1v) is 8.59. The van der Waals surface area contributed by atoms with Crippen LogP contribution in [0.25, 0.3) is 0 Å². The number of nitrogens with zero attached hydrogens (tertiary/aromatic N) is 3. The molecular weight excluding hydrogens is 288 g/mol. The summed E-state index contributed by atoms with van der Waals surface area (Å²) in [4.78, 5) is 0. The molecule has 2 N–H and O–H groups in total. The monoisotopic (exact) mass is 314 g/mol. The number of aromatic nitrogens is 3. The van der Waals surface area contributed by atoms with Crippen LogP contribution >= 0.6 is 0 Å². The Morgan fingerprint density at radius 3 is 2.83 bits per heavy atom. The summed E-state index contributed by atoms with van der Waals surface area (Å²) >= 11 is 0. The first-order chi connectivity index (χ1) is 11.3. The minimum absolute atomic E-state index is 0.463. The van der Waals surface area contributed by atoms with Crippen LogP contribution in [0.2, 0.25) is 0 Å². The number of aryl methyl sites for hydroxylation is 1. The molecule has 1 fully saturated rings. The summed E-state index contributed by atoms with van der Waals surface area (Å²) < 4.78 is 7.86. The fourth-order valence-electron chi connectivity index (χ4n) is 3.44. The second kappa shape index (κ2) is 7.59. The highest BCUT2D eigenvalue weighted by molar-refractivity contribution is 5.27. The van der Waals surface area contributed by atoms with E-state index in [1.807, 2.05) is 16.8 Å². The van der Waals surface area contributed by atoms with E-state index in [2.05, 4.69) is 29.4 Å². The zero-order valence-corrected chi connectivity index (χ0v) is 13.9. The van der Waals surface area contributed by atoms with Crippen LogP contribution in [0.5, 0.6) is 5.75 Å². The molecule has 5 heteroatoms. The van der Waals surface area contributed by atoms with E-state index < -0.39 is 0 Å². The van der Waals surface area contributed by atoms with E-state index >= 15 is 0 Å². The highest BCUT2D eigenvalue weighted by Gasteiger charge is 2.23. The Labute approximate surface area is 137 Å². The first-order valence-electron chi connectivity index (χ1n) is 8.59. The highest BCUT2D eigenvalue weighted by Crippen LogP contribution is 2.33. The molecule has 1 heterocycles. The maximum Gasteiger partial charge on any atom is 0.119 e. The van der Waals surface area contributed by atoms with E-state index in [4.69, 9.17) is 10.5 Å². The Morgan fingerprint density at radius 2 is 2.09 bits per heavy atom. The SMILES string of the molecule is Cc1cccc(OCCn2nnc(CN)c2C2CCCCC2)c1. The average Bonchev–Trinajstić information content (AvgIpc) is 2.99. The minimum atomic E-state index is 0.463. The number of hydrogen-bond donors (Lipinski definition) is 1. The zero-order valence-electron chi connectivity index (χ0n) is 13.9. The molecule has 3 rings (SSSR count). The number of ether oxygens (including phenoxy) is 1. The van der Waals surface area contributed by atoms with Gasteiger partial charge >= 0.3 is 0 Å². The maximum atomic E-state index is 5.86. The summed E-state index contributed by atoms with van der Waals surface area (Å²) in [7, 11) is 0. The predicted octanol–water partition coefficient (Wildman–Crippen LogP) is 3.17. The summed E-state index contributed by atoms with van der Waals surface area (Å²) in [5.74, 6) is 1.46. The van der Waals surface area contributed by atoms with Crippen molar-refractivity contribution >= 4 is 0 Å².